The number of carbonyl (C=O) groups excluding carboxylic acids is 1. The van der Waals surface area contributed by atoms with Gasteiger partial charge in [-0.05, 0) is 24.3 Å². The van der Waals surface area contributed by atoms with Crippen LogP contribution in [0.2, 0.25) is 0 Å². The Kier molecular flexibility index (Phi) is 3.83. The molecule has 0 aromatic heterocycles. The molecule has 144 valence electrons. The fraction of sp³-hybridized carbons (Fsp3) is 0.0952. The first-order valence-corrected chi connectivity index (χ1v) is 8.95. The number of para-hydroxylation sites is 1. The van der Waals surface area contributed by atoms with Crippen LogP contribution in [-0.2, 0) is 0 Å². The summed E-state index contributed by atoms with van der Waals surface area (Å²) in [5.41, 5.74) is 2.34. The van der Waals surface area contributed by atoms with E-state index in [0.717, 1.165) is 0 Å². The maximum Gasteiger partial charge on any atom is 0.269 e. The van der Waals surface area contributed by atoms with Crippen molar-refractivity contribution >= 4 is 23.0 Å². The van der Waals surface area contributed by atoms with E-state index in [4.69, 9.17) is 9.47 Å². The van der Waals surface area contributed by atoms with Crippen molar-refractivity contribution < 1.29 is 19.2 Å². The monoisotopic (exact) mass is 389 g/mol. The number of rotatable bonds is 3. The normalized spacial score (nSPS) is 16.9. The summed E-state index contributed by atoms with van der Waals surface area (Å²) in [6.45, 7) is 0.127. The Hall–Kier alpha value is -4.07. The summed E-state index contributed by atoms with van der Waals surface area (Å²) in [5, 5.41) is 14.6. The highest BCUT2D eigenvalue weighted by molar-refractivity contribution is 6.12. The van der Waals surface area contributed by atoms with E-state index in [1.807, 2.05) is 12.1 Å². The van der Waals surface area contributed by atoms with E-state index in [9.17, 15) is 14.9 Å². The zero-order valence-electron chi connectivity index (χ0n) is 15.1. The van der Waals surface area contributed by atoms with Gasteiger partial charge in [-0.25, -0.2) is 0 Å². The van der Waals surface area contributed by atoms with Crippen LogP contribution in [0.3, 0.4) is 0 Å². The van der Waals surface area contributed by atoms with Crippen LogP contribution in [0.15, 0.2) is 66.7 Å². The average molecular weight is 389 g/mol. The van der Waals surface area contributed by atoms with Gasteiger partial charge in [0, 0.05) is 29.4 Å². The number of nitrogens with one attached hydrogen (secondary N) is 1. The number of nitro benzene ring substituents is 1. The van der Waals surface area contributed by atoms with Crippen LogP contribution in [0.5, 0.6) is 11.5 Å². The largest absolute Gasteiger partial charge is 0.454 e. The lowest BCUT2D eigenvalue weighted by molar-refractivity contribution is -0.384. The number of benzene rings is 3. The lowest BCUT2D eigenvalue weighted by Gasteiger charge is -2.38. The average Bonchev–Trinajstić information content (AvgIpc) is 3.21. The van der Waals surface area contributed by atoms with E-state index in [1.54, 1.807) is 47.4 Å². The Balaban J connectivity index is 1.65. The van der Waals surface area contributed by atoms with Crippen LogP contribution in [-0.4, -0.2) is 17.6 Å². The molecule has 3 aromatic rings. The fourth-order valence-electron chi connectivity index (χ4n) is 3.60. The Labute approximate surface area is 165 Å². The Bertz CT molecular complexity index is 1150. The zero-order valence-corrected chi connectivity index (χ0v) is 15.1. The van der Waals surface area contributed by atoms with Crippen LogP contribution in [0.25, 0.3) is 0 Å². The highest BCUT2D eigenvalue weighted by Gasteiger charge is 2.35. The van der Waals surface area contributed by atoms with Crippen molar-refractivity contribution in [3.8, 4) is 11.5 Å². The number of fused-ring (bicyclic) bond motifs is 2. The molecule has 1 amide bonds. The summed E-state index contributed by atoms with van der Waals surface area (Å²) in [6.07, 6.45) is -0.627. The molecule has 2 aliphatic heterocycles. The molecule has 0 bridgehead atoms. The summed E-state index contributed by atoms with van der Waals surface area (Å²) in [5.74, 6) is 0.945. The van der Waals surface area contributed by atoms with Crippen LogP contribution in [0, 0.1) is 10.1 Å². The minimum absolute atomic E-state index is 0.0405. The van der Waals surface area contributed by atoms with Gasteiger partial charge in [0.25, 0.3) is 11.6 Å². The van der Waals surface area contributed by atoms with E-state index >= 15 is 0 Å². The number of hydrogen-bond donors (Lipinski definition) is 1. The number of nitrogens with zero attached hydrogens (tertiary/aromatic N) is 2. The molecule has 5 rings (SSSR count). The minimum atomic E-state index is -0.627. The first-order valence-electron chi connectivity index (χ1n) is 8.95. The van der Waals surface area contributed by atoms with Crippen molar-refractivity contribution in [1.29, 1.82) is 0 Å². The van der Waals surface area contributed by atoms with Crippen LogP contribution in [0.1, 0.15) is 22.1 Å². The standard InChI is InChI=1S/C21H15N3O5/c25-21-16-6-1-2-7-17(16)22-20(13-4-3-5-15(10-13)24(26)27)23(21)14-8-9-18-19(11-14)29-12-28-18/h1-11,20,22H,12H2/t20-/m0/s1. The topological polar surface area (TPSA) is 93.9 Å². The van der Waals surface area contributed by atoms with Crippen molar-refractivity contribution in [2.45, 2.75) is 6.17 Å². The summed E-state index contributed by atoms with van der Waals surface area (Å²) >= 11 is 0. The van der Waals surface area contributed by atoms with E-state index < -0.39 is 11.1 Å². The minimum Gasteiger partial charge on any atom is -0.454 e. The first-order chi connectivity index (χ1) is 14.1. The molecule has 0 saturated carbocycles. The number of amides is 1. The van der Waals surface area contributed by atoms with Crippen molar-refractivity contribution in [2.24, 2.45) is 0 Å². The van der Waals surface area contributed by atoms with Crippen molar-refractivity contribution in [2.75, 3.05) is 17.0 Å². The molecule has 0 fully saturated rings. The van der Waals surface area contributed by atoms with Gasteiger partial charge in [0.15, 0.2) is 11.5 Å². The van der Waals surface area contributed by atoms with Crippen molar-refractivity contribution in [3.05, 3.63) is 88.0 Å². The van der Waals surface area contributed by atoms with Gasteiger partial charge in [-0.1, -0.05) is 24.3 Å². The number of hydrogen-bond acceptors (Lipinski definition) is 6. The SMILES string of the molecule is O=C1c2ccccc2N[C@H](c2cccc([N+](=O)[O-])c2)N1c1ccc2c(c1)OCO2. The summed E-state index contributed by atoms with van der Waals surface area (Å²) < 4.78 is 10.8. The Morgan fingerprint density at radius 1 is 1.00 bits per heavy atom. The van der Waals surface area contributed by atoms with Gasteiger partial charge in [0.05, 0.1) is 16.2 Å². The molecule has 1 N–H and O–H groups in total. The van der Waals surface area contributed by atoms with Gasteiger partial charge >= 0.3 is 0 Å². The molecule has 0 spiro atoms. The predicted octanol–water partition coefficient (Wildman–Crippen LogP) is 4.09. The fourth-order valence-corrected chi connectivity index (χ4v) is 3.60. The second-order valence-electron chi connectivity index (χ2n) is 6.66. The number of nitro groups is 1. The van der Waals surface area contributed by atoms with Gasteiger partial charge in [-0.2, -0.15) is 0 Å². The molecule has 8 heteroatoms. The van der Waals surface area contributed by atoms with Gasteiger partial charge < -0.3 is 14.8 Å². The molecule has 2 aliphatic rings. The molecule has 1 atom stereocenters. The smallest absolute Gasteiger partial charge is 0.269 e. The zero-order chi connectivity index (χ0) is 20.0. The third-order valence-corrected chi connectivity index (χ3v) is 4.96. The van der Waals surface area contributed by atoms with Gasteiger partial charge in [-0.3, -0.25) is 19.8 Å². The second kappa shape index (κ2) is 6.52. The number of carbonyl (C=O) groups is 1. The van der Waals surface area contributed by atoms with E-state index in [-0.39, 0.29) is 18.4 Å². The molecule has 0 unspecified atom stereocenters. The third-order valence-electron chi connectivity index (χ3n) is 4.96. The summed E-state index contributed by atoms with van der Waals surface area (Å²) in [4.78, 5) is 25.8. The maximum atomic E-state index is 13.4. The number of non-ortho nitro benzene ring substituents is 1. The van der Waals surface area contributed by atoms with Crippen LogP contribution >= 0.6 is 0 Å². The quantitative estimate of drug-likeness (QED) is 0.536. The first kappa shape index (κ1) is 17.1. The van der Waals surface area contributed by atoms with E-state index in [0.29, 0.717) is 34.0 Å². The molecule has 0 radical (unpaired) electrons. The van der Waals surface area contributed by atoms with Gasteiger partial charge in [0.1, 0.15) is 6.17 Å². The predicted molar refractivity (Wildman–Crippen MR) is 105 cm³/mol. The number of ether oxygens (including phenoxy) is 2. The highest BCUT2D eigenvalue weighted by Crippen LogP contribution is 2.41. The number of anilines is 2. The lowest BCUT2D eigenvalue weighted by atomic mass is 10.0. The molecular weight excluding hydrogens is 374 g/mol. The third kappa shape index (κ3) is 2.82. The van der Waals surface area contributed by atoms with Gasteiger partial charge in [0.2, 0.25) is 6.79 Å². The Morgan fingerprint density at radius 3 is 2.69 bits per heavy atom. The van der Waals surface area contributed by atoms with Crippen LogP contribution in [0.4, 0.5) is 17.1 Å². The molecule has 0 saturated heterocycles. The van der Waals surface area contributed by atoms with Crippen molar-refractivity contribution in [1.82, 2.24) is 0 Å². The maximum absolute atomic E-state index is 13.4. The Morgan fingerprint density at radius 2 is 1.83 bits per heavy atom. The second-order valence-corrected chi connectivity index (χ2v) is 6.66. The van der Waals surface area contributed by atoms with E-state index in [1.165, 1.54) is 12.1 Å². The highest BCUT2D eigenvalue weighted by atomic mass is 16.7. The molecule has 3 aromatic carbocycles. The molecule has 8 nitrogen and oxygen atoms in total. The molecular formula is C21H15N3O5. The van der Waals surface area contributed by atoms with Crippen molar-refractivity contribution in [3.63, 3.8) is 0 Å². The van der Waals surface area contributed by atoms with Crippen LogP contribution < -0.4 is 19.7 Å². The lowest BCUT2D eigenvalue weighted by Crippen LogP contribution is -2.43. The van der Waals surface area contributed by atoms with E-state index in [2.05, 4.69) is 5.32 Å². The van der Waals surface area contributed by atoms with Gasteiger partial charge in [-0.15, -0.1) is 0 Å². The molecule has 0 aliphatic carbocycles. The summed E-state index contributed by atoms with van der Waals surface area (Å²) in [6, 6.07) is 18.7. The molecule has 2 heterocycles. The summed E-state index contributed by atoms with van der Waals surface area (Å²) in [7, 11) is 0. The molecule has 29 heavy (non-hydrogen) atoms.